The summed E-state index contributed by atoms with van der Waals surface area (Å²) in [5.74, 6) is 0.150. The fourth-order valence-corrected chi connectivity index (χ4v) is 2.06. The van der Waals surface area contributed by atoms with Gasteiger partial charge in [-0.2, -0.15) is 0 Å². The van der Waals surface area contributed by atoms with Gasteiger partial charge in [-0.05, 0) is 18.1 Å². The van der Waals surface area contributed by atoms with Gasteiger partial charge in [-0.3, -0.25) is 4.79 Å². The van der Waals surface area contributed by atoms with Gasteiger partial charge in [0.15, 0.2) is 0 Å². The molecule has 0 aliphatic carbocycles. The summed E-state index contributed by atoms with van der Waals surface area (Å²) in [6.45, 7) is 2.78. The number of halogens is 1. The molecule has 0 spiro atoms. The highest BCUT2D eigenvalue weighted by Gasteiger charge is 2.02. The quantitative estimate of drug-likeness (QED) is 0.756. The van der Waals surface area contributed by atoms with Crippen LogP contribution in [-0.4, -0.2) is 5.91 Å². The predicted octanol–water partition coefficient (Wildman–Crippen LogP) is 4.04. The van der Waals surface area contributed by atoms with Crippen LogP contribution in [0.1, 0.15) is 44.6 Å². The summed E-state index contributed by atoms with van der Waals surface area (Å²) in [5, 5.41) is 2.95. The topological polar surface area (TPSA) is 29.1 Å². The van der Waals surface area contributed by atoms with Crippen molar-refractivity contribution in [1.82, 2.24) is 5.32 Å². The molecule has 1 rings (SSSR count). The second kappa shape index (κ2) is 8.29. The summed E-state index contributed by atoms with van der Waals surface area (Å²) >= 11 is 3.47. The molecule has 1 aromatic carbocycles. The predicted molar refractivity (Wildman–Crippen MR) is 74.7 cm³/mol. The van der Waals surface area contributed by atoms with E-state index in [0.717, 1.165) is 22.9 Å². The van der Waals surface area contributed by atoms with Crippen LogP contribution in [0.5, 0.6) is 0 Å². The molecule has 1 N–H and O–H groups in total. The van der Waals surface area contributed by atoms with Crippen LogP contribution in [0.2, 0.25) is 0 Å². The fourth-order valence-electron chi connectivity index (χ4n) is 1.64. The minimum Gasteiger partial charge on any atom is -0.352 e. The number of benzene rings is 1. The van der Waals surface area contributed by atoms with Crippen molar-refractivity contribution >= 4 is 21.8 Å². The molecule has 0 heterocycles. The molecule has 1 amide bonds. The Morgan fingerprint density at radius 1 is 1.24 bits per heavy atom. The molecule has 0 aromatic heterocycles. The fraction of sp³-hybridized carbons (Fsp3) is 0.500. The van der Waals surface area contributed by atoms with Crippen molar-refractivity contribution in [1.29, 1.82) is 0 Å². The van der Waals surface area contributed by atoms with Crippen molar-refractivity contribution in [3.8, 4) is 0 Å². The highest BCUT2D eigenvalue weighted by Crippen LogP contribution is 2.15. The maximum atomic E-state index is 11.6. The molecule has 0 unspecified atom stereocenters. The third-order valence-electron chi connectivity index (χ3n) is 2.69. The highest BCUT2D eigenvalue weighted by molar-refractivity contribution is 9.10. The highest BCUT2D eigenvalue weighted by atomic mass is 79.9. The molecule has 0 atom stereocenters. The SMILES string of the molecule is CCCCCCC(=O)NCc1ccccc1Br. The van der Waals surface area contributed by atoms with Gasteiger partial charge in [0.1, 0.15) is 0 Å². The third-order valence-corrected chi connectivity index (χ3v) is 3.46. The molecule has 0 aliphatic heterocycles. The summed E-state index contributed by atoms with van der Waals surface area (Å²) in [6.07, 6.45) is 5.22. The second-order valence-electron chi connectivity index (χ2n) is 4.18. The zero-order valence-corrected chi connectivity index (χ0v) is 11.9. The number of amides is 1. The van der Waals surface area contributed by atoms with E-state index in [2.05, 4.69) is 28.2 Å². The molecular formula is C14H20BrNO. The number of hydrogen-bond acceptors (Lipinski definition) is 1. The number of nitrogens with one attached hydrogen (secondary N) is 1. The van der Waals surface area contributed by atoms with Gasteiger partial charge in [0, 0.05) is 17.4 Å². The molecular weight excluding hydrogens is 278 g/mol. The summed E-state index contributed by atoms with van der Waals surface area (Å²) in [4.78, 5) is 11.6. The van der Waals surface area contributed by atoms with Crippen molar-refractivity contribution in [3.63, 3.8) is 0 Å². The smallest absolute Gasteiger partial charge is 0.220 e. The van der Waals surface area contributed by atoms with Crippen LogP contribution in [0.25, 0.3) is 0 Å². The van der Waals surface area contributed by atoms with E-state index in [9.17, 15) is 4.79 Å². The van der Waals surface area contributed by atoms with Crippen molar-refractivity contribution in [2.24, 2.45) is 0 Å². The first kappa shape index (κ1) is 14.2. The zero-order valence-electron chi connectivity index (χ0n) is 10.3. The lowest BCUT2D eigenvalue weighted by Crippen LogP contribution is -2.22. The Balaban J connectivity index is 2.22. The summed E-state index contributed by atoms with van der Waals surface area (Å²) in [5.41, 5.74) is 1.12. The Bertz CT molecular complexity index is 352. The van der Waals surface area contributed by atoms with Gasteiger partial charge in [0.05, 0.1) is 0 Å². The lowest BCUT2D eigenvalue weighted by molar-refractivity contribution is -0.121. The lowest BCUT2D eigenvalue weighted by atomic mass is 10.1. The van der Waals surface area contributed by atoms with Crippen LogP contribution in [0.4, 0.5) is 0 Å². The minimum absolute atomic E-state index is 0.150. The number of carbonyl (C=O) groups excluding carboxylic acids is 1. The second-order valence-corrected chi connectivity index (χ2v) is 5.03. The molecule has 3 heteroatoms. The lowest BCUT2D eigenvalue weighted by Gasteiger charge is -2.06. The molecule has 0 bridgehead atoms. The van der Waals surface area contributed by atoms with Gasteiger partial charge in [-0.15, -0.1) is 0 Å². The molecule has 94 valence electrons. The van der Waals surface area contributed by atoms with E-state index in [-0.39, 0.29) is 5.91 Å². The molecule has 0 radical (unpaired) electrons. The average Bonchev–Trinajstić information content (AvgIpc) is 2.34. The van der Waals surface area contributed by atoms with E-state index in [1.165, 1.54) is 12.8 Å². The van der Waals surface area contributed by atoms with Gasteiger partial charge in [-0.1, -0.05) is 60.3 Å². The van der Waals surface area contributed by atoms with E-state index < -0.39 is 0 Å². The Morgan fingerprint density at radius 2 is 2.00 bits per heavy atom. The summed E-state index contributed by atoms with van der Waals surface area (Å²) in [7, 11) is 0. The summed E-state index contributed by atoms with van der Waals surface area (Å²) < 4.78 is 1.05. The number of unbranched alkanes of at least 4 members (excludes halogenated alkanes) is 3. The van der Waals surface area contributed by atoms with Crippen LogP contribution in [0.15, 0.2) is 28.7 Å². The van der Waals surface area contributed by atoms with Crippen molar-refractivity contribution in [2.45, 2.75) is 45.6 Å². The molecule has 0 saturated heterocycles. The van der Waals surface area contributed by atoms with Crippen molar-refractivity contribution in [3.05, 3.63) is 34.3 Å². The number of rotatable bonds is 7. The molecule has 0 aliphatic rings. The zero-order chi connectivity index (χ0) is 12.5. The van der Waals surface area contributed by atoms with Gasteiger partial charge >= 0.3 is 0 Å². The van der Waals surface area contributed by atoms with Gasteiger partial charge in [0.2, 0.25) is 5.91 Å². The van der Waals surface area contributed by atoms with Gasteiger partial charge in [-0.25, -0.2) is 0 Å². The van der Waals surface area contributed by atoms with Crippen molar-refractivity contribution in [2.75, 3.05) is 0 Å². The monoisotopic (exact) mass is 297 g/mol. The first-order valence-corrected chi connectivity index (χ1v) is 7.03. The minimum atomic E-state index is 0.150. The maximum Gasteiger partial charge on any atom is 0.220 e. The van der Waals surface area contributed by atoms with Crippen LogP contribution < -0.4 is 5.32 Å². The first-order chi connectivity index (χ1) is 8.24. The standard InChI is InChI=1S/C14H20BrNO/c1-2-3-4-5-10-14(17)16-11-12-8-6-7-9-13(12)15/h6-9H,2-5,10-11H2,1H3,(H,16,17). The van der Waals surface area contributed by atoms with E-state index in [1.54, 1.807) is 0 Å². The van der Waals surface area contributed by atoms with Gasteiger partial charge in [0.25, 0.3) is 0 Å². The maximum absolute atomic E-state index is 11.6. The molecule has 0 fully saturated rings. The van der Waals surface area contributed by atoms with E-state index in [0.29, 0.717) is 13.0 Å². The molecule has 1 aromatic rings. The van der Waals surface area contributed by atoms with Crippen LogP contribution in [0, 0.1) is 0 Å². The summed E-state index contributed by atoms with van der Waals surface area (Å²) in [6, 6.07) is 7.96. The largest absolute Gasteiger partial charge is 0.352 e. The molecule has 17 heavy (non-hydrogen) atoms. The van der Waals surface area contributed by atoms with Gasteiger partial charge < -0.3 is 5.32 Å². The molecule has 0 saturated carbocycles. The molecule has 2 nitrogen and oxygen atoms in total. The van der Waals surface area contributed by atoms with E-state index >= 15 is 0 Å². The van der Waals surface area contributed by atoms with Crippen LogP contribution in [-0.2, 0) is 11.3 Å². The normalized spacial score (nSPS) is 10.2. The van der Waals surface area contributed by atoms with E-state index in [1.807, 2.05) is 24.3 Å². The van der Waals surface area contributed by atoms with Crippen LogP contribution in [0.3, 0.4) is 0 Å². The van der Waals surface area contributed by atoms with Crippen LogP contribution >= 0.6 is 15.9 Å². The Hall–Kier alpha value is -0.830. The Labute approximate surface area is 112 Å². The number of carbonyl (C=O) groups is 1. The Morgan fingerprint density at radius 3 is 2.71 bits per heavy atom. The third kappa shape index (κ3) is 5.87. The van der Waals surface area contributed by atoms with E-state index in [4.69, 9.17) is 0 Å². The number of hydrogen-bond donors (Lipinski definition) is 1. The Kier molecular flexibility index (Phi) is 6.94. The van der Waals surface area contributed by atoms with Crippen molar-refractivity contribution < 1.29 is 4.79 Å². The first-order valence-electron chi connectivity index (χ1n) is 6.24. The average molecular weight is 298 g/mol.